The average Bonchev–Trinajstić information content (AvgIpc) is 3.33. The monoisotopic (exact) mass is 383 g/mol. The van der Waals surface area contributed by atoms with Gasteiger partial charge in [0.1, 0.15) is 5.76 Å². The first-order valence-electron chi connectivity index (χ1n) is 8.99. The van der Waals surface area contributed by atoms with Crippen molar-refractivity contribution in [1.82, 2.24) is 20.3 Å². The molecule has 1 fully saturated rings. The summed E-state index contributed by atoms with van der Waals surface area (Å²) < 4.78 is 5.71. The van der Waals surface area contributed by atoms with Gasteiger partial charge in [0.15, 0.2) is 0 Å². The minimum atomic E-state index is -0.0160. The first kappa shape index (κ1) is 17.7. The number of nitrogens with zero attached hydrogens (tertiary/aromatic N) is 4. The molecule has 3 aromatic heterocycles. The van der Waals surface area contributed by atoms with Gasteiger partial charge in [-0.1, -0.05) is 0 Å². The molecule has 4 rings (SSSR count). The summed E-state index contributed by atoms with van der Waals surface area (Å²) in [5.74, 6) is 2.01. The zero-order valence-corrected chi connectivity index (χ0v) is 15.9. The third-order valence-electron chi connectivity index (χ3n) is 4.68. The highest BCUT2D eigenvalue weighted by atomic mass is 32.1. The summed E-state index contributed by atoms with van der Waals surface area (Å²) in [5.41, 5.74) is 1.65. The Morgan fingerprint density at radius 1 is 1.33 bits per heavy atom. The van der Waals surface area contributed by atoms with Gasteiger partial charge in [0.05, 0.1) is 12.1 Å². The molecule has 0 radical (unpaired) electrons. The van der Waals surface area contributed by atoms with Crippen LogP contribution in [0.1, 0.15) is 24.3 Å². The standard InChI is InChI=1S/C19H21N5O2S/c1-13-16(23-18(26-13)14-5-10-27-12-14)11-17(25)22-15-3-8-24(9-4-15)19-20-6-2-7-21-19/h2,5-7,10,12,15H,3-4,8-9,11H2,1H3,(H,22,25). The van der Waals surface area contributed by atoms with Crippen LogP contribution in [-0.4, -0.2) is 40.0 Å². The summed E-state index contributed by atoms with van der Waals surface area (Å²) in [4.78, 5) is 27.7. The smallest absolute Gasteiger partial charge is 0.227 e. The fourth-order valence-electron chi connectivity index (χ4n) is 3.21. The molecular weight excluding hydrogens is 362 g/mol. The van der Waals surface area contributed by atoms with Crippen molar-refractivity contribution in [3.8, 4) is 11.5 Å². The highest BCUT2D eigenvalue weighted by molar-refractivity contribution is 7.08. The molecule has 0 unspecified atom stereocenters. The highest BCUT2D eigenvalue weighted by Crippen LogP contribution is 2.24. The first-order valence-corrected chi connectivity index (χ1v) is 9.93. The number of aryl methyl sites for hydroxylation is 1. The third kappa shape index (κ3) is 4.16. The Morgan fingerprint density at radius 2 is 2.11 bits per heavy atom. The zero-order chi connectivity index (χ0) is 18.6. The molecule has 4 heterocycles. The van der Waals surface area contributed by atoms with E-state index in [2.05, 4.69) is 25.2 Å². The number of piperidine rings is 1. The molecule has 7 nitrogen and oxygen atoms in total. The molecule has 0 aromatic carbocycles. The van der Waals surface area contributed by atoms with Crippen molar-refractivity contribution < 1.29 is 9.21 Å². The number of aromatic nitrogens is 3. The third-order valence-corrected chi connectivity index (χ3v) is 5.37. The molecule has 8 heteroatoms. The first-order chi connectivity index (χ1) is 13.2. The minimum Gasteiger partial charge on any atom is -0.441 e. The van der Waals surface area contributed by atoms with Crippen molar-refractivity contribution >= 4 is 23.2 Å². The number of rotatable bonds is 5. The van der Waals surface area contributed by atoms with Gasteiger partial charge in [0.2, 0.25) is 17.7 Å². The van der Waals surface area contributed by atoms with Crippen LogP contribution in [0, 0.1) is 6.92 Å². The SMILES string of the molecule is Cc1oc(-c2ccsc2)nc1CC(=O)NC1CCN(c2ncccn2)CC1. The van der Waals surface area contributed by atoms with E-state index >= 15 is 0 Å². The Morgan fingerprint density at radius 3 is 2.81 bits per heavy atom. The van der Waals surface area contributed by atoms with Gasteiger partial charge in [-0.2, -0.15) is 11.3 Å². The molecule has 3 aromatic rings. The van der Waals surface area contributed by atoms with Crippen molar-refractivity contribution in [3.63, 3.8) is 0 Å². The summed E-state index contributed by atoms with van der Waals surface area (Å²) in [6.07, 6.45) is 5.49. The number of anilines is 1. The van der Waals surface area contributed by atoms with Crippen molar-refractivity contribution in [1.29, 1.82) is 0 Å². The molecule has 0 atom stereocenters. The van der Waals surface area contributed by atoms with E-state index < -0.39 is 0 Å². The van der Waals surface area contributed by atoms with E-state index in [1.165, 1.54) is 0 Å². The number of hydrogen-bond donors (Lipinski definition) is 1. The molecule has 140 valence electrons. The highest BCUT2D eigenvalue weighted by Gasteiger charge is 2.23. The summed E-state index contributed by atoms with van der Waals surface area (Å²) in [6, 6.07) is 3.94. The Bertz CT molecular complexity index is 886. The van der Waals surface area contributed by atoms with E-state index in [4.69, 9.17) is 4.42 Å². The number of hydrogen-bond acceptors (Lipinski definition) is 7. The van der Waals surface area contributed by atoms with E-state index in [0.29, 0.717) is 17.3 Å². The van der Waals surface area contributed by atoms with Crippen molar-refractivity contribution in [2.24, 2.45) is 0 Å². The van der Waals surface area contributed by atoms with E-state index in [0.717, 1.165) is 37.4 Å². The summed E-state index contributed by atoms with van der Waals surface area (Å²) in [6.45, 7) is 3.52. The topological polar surface area (TPSA) is 84.2 Å². The van der Waals surface area contributed by atoms with Crippen molar-refractivity contribution in [2.45, 2.75) is 32.2 Å². The summed E-state index contributed by atoms with van der Waals surface area (Å²) in [5, 5.41) is 7.09. The fourth-order valence-corrected chi connectivity index (χ4v) is 3.84. The lowest BCUT2D eigenvalue weighted by Crippen LogP contribution is -2.45. The molecule has 0 saturated carbocycles. The Kier molecular flexibility index (Phi) is 5.15. The summed E-state index contributed by atoms with van der Waals surface area (Å²) >= 11 is 1.59. The van der Waals surface area contributed by atoms with Crippen molar-refractivity contribution in [2.75, 3.05) is 18.0 Å². The number of carbonyl (C=O) groups is 1. The van der Waals surface area contributed by atoms with Crippen LogP contribution in [0.3, 0.4) is 0 Å². The van der Waals surface area contributed by atoms with Gasteiger partial charge in [0, 0.05) is 42.5 Å². The molecule has 0 spiro atoms. The Labute approximate surface area is 161 Å². The number of carbonyl (C=O) groups excluding carboxylic acids is 1. The lowest BCUT2D eigenvalue weighted by Gasteiger charge is -2.32. The minimum absolute atomic E-state index is 0.0160. The Balaban J connectivity index is 1.30. The van der Waals surface area contributed by atoms with Crippen LogP contribution in [0.4, 0.5) is 5.95 Å². The molecule has 27 heavy (non-hydrogen) atoms. The van der Waals surface area contributed by atoms with Crippen LogP contribution in [-0.2, 0) is 11.2 Å². The summed E-state index contributed by atoms with van der Waals surface area (Å²) in [7, 11) is 0. The molecule has 1 aliphatic heterocycles. The second kappa shape index (κ2) is 7.87. The Hall–Kier alpha value is -2.74. The maximum absolute atomic E-state index is 12.5. The van der Waals surface area contributed by atoms with Gasteiger partial charge in [-0.05, 0) is 37.3 Å². The maximum atomic E-state index is 12.5. The van der Waals surface area contributed by atoms with Gasteiger partial charge < -0.3 is 14.6 Å². The van der Waals surface area contributed by atoms with E-state index in [1.54, 1.807) is 23.7 Å². The normalized spacial score (nSPS) is 15.1. The van der Waals surface area contributed by atoms with Gasteiger partial charge in [-0.15, -0.1) is 0 Å². The lowest BCUT2D eigenvalue weighted by molar-refractivity contribution is -0.121. The lowest BCUT2D eigenvalue weighted by atomic mass is 10.0. The molecule has 1 amide bonds. The van der Waals surface area contributed by atoms with Crippen LogP contribution in [0.2, 0.25) is 0 Å². The maximum Gasteiger partial charge on any atom is 0.227 e. The van der Waals surface area contributed by atoms with E-state index in [-0.39, 0.29) is 18.4 Å². The van der Waals surface area contributed by atoms with Crippen LogP contribution in [0.25, 0.3) is 11.5 Å². The number of thiophene rings is 1. The van der Waals surface area contributed by atoms with E-state index in [9.17, 15) is 4.79 Å². The second-order valence-electron chi connectivity index (χ2n) is 6.59. The molecule has 1 saturated heterocycles. The predicted molar refractivity (Wildman–Crippen MR) is 104 cm³/mol. The molecular formula is C19H21N5O2S. The molecule has 0 bridgehead atoms. The van der Waals surface area contributed by atoms with Crippen LogP contribution < -0.4 is 10.2 Å². The van der Waals surface area contributed by atoms with Gasteiger partial charge >= 0.3 is 0 Å². The fraction of sp³-hybridized carbons (Fsp3) is 0.368. The van der Waals surface area contributed by atoms with Gasteiger partial charge in [-0.25, -0.2) is 15.0 Å². The molecule has 0 aliphatic carbocycles. The average molecular weight is 383 g/mol. The number of oxazole rings is 1. The van der Waals surface area contributed by atoms with Crippen LogP contribution in [0.5, 0.6) is 0 Å². The largest absolute Gasteiger partial charge is 0.441 e. The van der Waals surface area contributed by atoms with E-state index in [1.807, 2.05) is 29.8 Å². The van der Waals surface area contributed by atoms with Gasteiger partial charge in [-0.3, -0.25) is 4.79 Å². The quantitative estimate of drug-likeness (QED) is 0.729. The number of amides is 1. The zero-order valence-electron chi connectivity index (χ0n) is 15.1. The van der Waals surface area contributed by atoms with Crippen LogP contribution in [0.15, 0.2) is 39.7 Å². The predicted octanol–water partition coefficient (Wildman–Crippen LogP) is 2.83. The second-order valence-corrected chi connectivity index (χ2v) is 7.37. The van der Waals surface area contributed by atoms with Crippen molar-refractivity contribution in [3.05, 3.63) is 46.7 Å². The number of nitrogens with one attached hydrogen (secondary N) is 1. The molecule has 1 aliphatic rings. The molecule has 1 N–H and O–H groups in total. The van der Waals surface area contributed by atoms with Gasteiger partial charge in [0.25, 0.3) is 0 Å². The van der Waals surface area contributed by atoms with Crippen LogP contribution >= 0.6 is 11.3 Å².